The highest BCUT2D eigenvalue weighted by molar-refractivity contribution is 4.35. The van der Waals surface area contributed by atoms with E-state index in [1.807, 2.05) is 0 Å². The fourth-order valence-electron chi connectivity index (χ4n) is 0.447. The van der Waals surface area contributed by atoms with Gasteiger partial charge >= 0.3 is 0 Å². The Hall–Kier alpha value is -0.0400. The van der Waals surface area contributed by atoms with Crippen molar-refractivity contribution in [3.63, 3.8) is 0 Å². The van der Waals surface area contributed by atoms with E-state index in [1.165, 1.54) is 0 Å². The van der Waals surface area contributed by atoms with Crippen LogP contribution in [0.25, 0.3) is 0 Å². The van der Waals surface area contributed by atoms with E-state index in [4.69, 9.17) is 4.17 Å². The van der Waals surface area contributed by atoms with Gasteiger partial charge in [-0.05, 0) is 6.42 Å². The summed E-state index contributed by atoms with van der Waals surface area (Å²) in [5.41, 5.74) is 0. The smallest absolute Gasteiger partial charge is 0.210 e. The van der Waals surface area contributed by atoms with Crippen LogP contribution in [0.2, 0.25) is 0 Å². The van der Waals surface area contributed by atoms with E-state index in [9.17, 15) is 0 Å². The van der Waals surface area contributed by atoms with Crippen LogP contribution in [0.5, 0.6) is 0 Å². The zero-order valence-corrected chi connectivity index (χ0v) is 4.74. The normalized spacial score (nSPS) is 17.6. The van der Waals surface area contributed by atoms with E-state index in [0.29, 0.717) is 6.42 Å². The van der Waals surface area contributed by atoms with Crippen LogP contribution < -0.4 is 0 Å². The van der Waals surface area contributed by atoms with Gasteiger partial charge in [0, 0.05) is 6.56 Å². The molecule has 0 atom stereocenters. The lowest BCUT2D eigenvalue weighted by Gasteiger charge is -1.90. The summed E-state index contributed by atoms with van der Waals surface area (Å²) in [7, 11) is 0. The van der Waals surface area contributed by atoms with Gasteiger partial charge in [0.25, 0.3) is 0 Å². The molecule has 0 aliphatic rings. The average Bonchev–Trinajstić information content (AvgIpc) is 1.89. The average molecular weight is 105 g/mol. The number of rotatable bonds is 5. The summed E-state index contributed by atoms with van der Waals surface area (Å²) in [6.07, 6.45) is 3.18. The second-order valence-electron chi connectivity index (χ2n) is 1.60. The number of hydrogen-bond donors (Lipinski definition) is 1. The van der Waals surface area contributed by atoms with Crippen LogP contribution in [0, 0.1) is 0 Å². The highest BCUT2D eigenvalue weighted by atomic mass is 16.2. The second kappa shape index (κ2) is 5.96. The third-order valence-electron chi connectivity index (χ3n) is 0.882. The highest BCUT2D eigenvalue weighted by Crippen LogP contribution is 1.95. The zero-order chi connectivity index (χ0) is 8.04. The van der Waals surface area contributed by atoms with Gasteiger partial charge in [-0.2, -0.15) is 0 Å². The molecule has 7 heavy (non-hydrogen) atoms. The molecule has 0 fully saturated rings. The maximum atomic E-state index is 7.01. The van der Waals surface area contributed by atoms with Crippen LogP contribution in [0.3, 0.4) is 0 Å². The van der Waals surface area contributed by atoms with Gasteiger partial charge in [-0.15, -0.1) is 0 Å². The summed E-state index contributed by atoms with van der Waals surface area (Å²) >= 11 is 0. The molecule has 0 heterocycles. The molecule has 0 radical (unpaired) electrons. The molecule has 0 bridgehead atoms. The molecule has 1 heteroatoms. The van der Waals surface area contributed by atoms with Gasteiger partial charge in [0.05, 0.1) is 2.74 Å². The maximum absolute atomic E-state index is 7.01. The lowest BCUT2D eigenvalue weighted by Crippen LogP contribution is -1.80. The monoisotopic (exact) mass is 105 g/mol. The van der Waals surface area contributed by atoms with Crippen LogP contribution in [-0.2, 0) is 0 Å². The number of unbranched alkanes of at least 4 members (excludes halogenated alkanes) is 2. The standard InChI is InChI=1S/C6H14O/c1-2-3-4-5-6-7/h7H,2-6H2,1H3/i6D2,7D. The molecule has 0 spiro atoms. The summed E-state index contributed by atoms with van der Waals surface area (Å²) in [6, 6.07) is 0. The predicted octanol–water partition coefficient (Wildman–Crippen LogP) is 1.56. The van der Waals surface area contributed by atoms with Crippen molar-refractivity contribution >= 4 is 0 Å². The minimum Gasteiger partial charge on any atom is -0.396 e. The Labute approximate surface area is 49.7 Å². The topological polar surface area (TPSA) is 20.2 Å². The molecule has 0 aromatic carbocycles. The summed E-state index contributed by atoms with van der Waals surface area (Å²) < 4.78 is 20.4. The largest absolute Gasteiger partial charge is 0.396 e. The van der Waals surface area contributed by atoms with Crippen LogP contribution in [0.4, 0.5) is 0 Å². The van der Waals surface area contributed by atoms with Gasteiger partial charge < -0.3 is 5.11 Å². The second-order valence-corrected chi connectivity index (χ2v) is 1.60. The molecule has 0 rings (SSSR count). The van der Waals surface area contributed by atoms with Gasteiger partial charge in [0.2, 0.25) is 1.43 Å². The first-order valence-corrected chi connectivity index (χ1v) is 2.76. The maximum Gasteiger partial charge on any atom is 0.210 e. The van der Waals surface area contributed by atoms with Crippen molar-refractivity contribution < 1.29 is 7.85 Å². The van der Waals surface area contributed by atoms with Crippen molar-refractivity contribution in [3.8, 4) is 0 Å². The Morgan fingerprint density at radius 3 is 3.00 bits per heavy atom. The molecule has 0 unspecified atom stereocenters. The molecular formula is C6H14O. The molecule has 1 N–H and O–H groups in total. The number of aliphatic hydroxyl groups is 1. The van der Waals surface area contributed by atoms with Gasteiger partial charge in [0.15, 0.2) is 0 Å². The van der Waals surface area contributed by atoms with Gasteiger partial charge in [-0.1, -0.05) is 26.2 Å². The molecule has 0 saturated heterocycles. The van der Waals surface area contributed by atoms with E-state index in [1.54, 1.807) is 0 Å². The van der Waals surface area contributed by atoms with Gasteiger partial charge in [-0.25, -0.2) is 0 Å². The third-order valence-corrected chi connectivity index (χ3v) is 0.882. The fraction of sp³-hybridized carbons (Fsp3) is 1.00. The number of hydrogen-bond acceptors (Lipinski definition) is 1. The fourth-order valence-corrected chi connectivity index (χ4v) is 0.447. The van der Waals surface area contributed by atoms with Crippen molar-refractivity contribution in [3.05, 3.63) is 0 Å². The Morgan fingerprint density at radius 1 is 1.57 bits per heavy atom. The van der Waals surface area contributed by atoms with Crippen LogP contribution in [-0.4, -0.2) is 13.1 Å². The highest BCUT2D eigenvalue weighted by Gasteiger charge is 1.80. The van der Waals surface area contributed by atoms with Crippen molar-refractivity contribution in [2.75, 3.05) is 6.56 Å². The predicted molar refractivity (Wildman–Crippen MR) is 31.2 cm³/mol. The van der Waals surface area contributed by atoms with Crippen molar-refractivity contribution in [1.29, 1.82) is 1.43 Å². The van der Waals surface area contributed by atoms with Crippen molar-refractivity contribution in [2.24, 2.45) is 0 Å². The molecule has 0 saturated carbocycles. The zero-order valence-electron chi connectivity index (χ0n) is 7.74. The molecule has 44 valence electrons. The van der Waals surface area contributed by atoms with E-state index < -0.39 is 6.56 Å². The molecular weight excluding hydrogens is 88.1 g/mol. The molecule has 0 amide bonds. The van der Waals surface area contributed by atoms with E-state index in [2.05, 4.69) is 12.0 Å². The van der Waals surface area contributed by atoms with Gasteiger partial charge in [-0.3, -0.25) is 0 Å². The first kappa shape index (κ1) is 3.08. The van der Waals surface area contributed by atoms with E-state index >= 15 is 0 Å². The van der Waals surface area contributed by atoms with Gasteiger partial charge in [0.1, 0.15) is 0 Å². The molecule has 0 aromatic rings. The van der Waals surface area contributed by atoms with Crippen molar-refractivity contribution in [2.45, 2.75) is 32.6 Å². The minimum absolute atomic E-state index is 0.324. The summed E-state index contributed by atoms with van der Waals surface area (Å²) in [5.74, 6) is 0. The first-order chi connectivity index (χ1) is 4.62. The third kappa shape index (κ3) is 5.96. The van der Waals surface area contributed by atoms with E-state index in [-0.39, 0.29) is 0 Å². The SMILES string of the molecule is [2H]OC([2H])([2H])CCCCC. The molecule has 0 aromatic heterocycles. The quantitative estimate of drug-likeness (QED) is 0.526. The molecule has 1 nitrogen and oxygen atoms in total. The Balaban J connectivity index is 3.28. The molecule has 0 aliphatic heterocycles. The van der Waals surface area contributed by atoms with Crippen LogP contribution in [0.1, 0.15) is 35.3 Å². The summed E-state index contributed by atoms with van der Waals surface area (Å²) in [4.78, 5) is 0. The first-order valence-electron chi connectivity index (χ1n) is 4.17. The lowest BCUT2D eigenvalue weighted by atomic mass is 10.2. The minimum atomic E-state index is -1.74. The summed E-state index contributed by atoms with van der Waals surface area (Å²) in [5, 5.41) is 3.87. The lowest BCUT2D eigenvalue weighted by molar-refractivity contribution is 0.283. The Kier molecular flexibility index (Phi) is 2.62. The molecule has 0 aliphatic carbocycles. The Morgan fingerprint density at radius 2 is 2.43 bits per heavy atom. The van der Waals surface area contributed by atoms with Crippen LogP contribution in [0.15, 0.2) is 0 Å². The Bertz CT molecular complexity index is 85.1. The summed E-state index contributed by atoms with van der Waals surface area (Å²) in [6.45, 7) is 0.312. The van der Waals surface area contributed by atoms with Crippen molar-refractivity contribution in [1.82, 2.24) is 0 Å². The van der Waals surface area contributed by atoms with E-state index in [0.717, 1.165) is 19.3 Å². The van der Waals surface area contributed by atoms with Crippen LogP contribution >= 0.6 is 0 Å².